The van der Waals surface area contributed by atoms with Gasteiger partial charge in [-0.1, -0.05) is 0 Å². The quantitative estimate of drug-likeness (QED) is 0.932. The molecule has 0 fully saturated rings. The lowest BCUT2D eigenvalue weighted by Gasteiger charge is -2.10. The molecule has 0 saturated carbocycles. The van der Waals surface area contributed by atoms with E-state index in [1.54, 1.807) is 18.4 Å². The van der Waals surface area contributed by atoms with Crippen LogP contribution in [-0.4, -0.2) is 17.3 Å². The minimum Gasteiger partial charge on any atom is -0.406 e. The van der Waals surface area contributed by atoms with Gasteiger partial charge in [0.15, 0.2) is 5.13 Å². The lowest BCUT2D eigenvalue weighted by Crippen LogP contribution is -2.17. The Hall–Kier alpha value is -2.09. The highest BCUT2D eigenvalue weighted by atomic mass is 32.1. The molecule has 0 aliphatic rings. The number of hydrogen-bond donors (Lipinski definition) is 1. The highest BCUT2D eigenvalue weighted by Gasteiger charge is 2.31. The third-order valence-corrected chi connectivity index (χ3v) is 3.13. The zero-order valence-corrected chi connectivity index (χ0v) is 11.9. The van der Waals surface area contributed by atoms with Crippen LogP contribution in [0.2, 0.25) is 0 Å². The molecule has 0 radical (unpaired) electrons. The largest absolute Gasteiger partial charge is 0.573 e. The Morgan fingerprint density at radius 3 is 2.67 bits per heavy atom. The van der Waals surface area contributed by atoms with Gasteiger partial charge in [0, 0.05) is 17.9 Å². The fourth-order valence-electron chi connectivity index (χ4n) is 1.70. The summed E-state index contributed by atoms with van der Waals surface area (Å²) in [6, 6.07) is 4.24. The number of benzene rings is 1. The van der Waals surface area contributed by atoms with E-state index in [1.807, 2.05) is 0 Å². The molecule has 1 aromatic carbocycles. The fourth-order valence-corrected chi connectivity index (χ4v) is 2.47. The summed E-state index contributed by atoms with van der Waals surface area (Å²) in [5.41, 5.74) is 1.57. The van der Waals surface area contributed by atoms with Gasteiger partial charge in [-0.05, 0) is 30.7 Å². The van der Waals surface area contributed by atoms with Crippen molar-refractivity contribution in [2.45, 2.75) is 20.2 Å². The molecule has 1 heterocycles. The Morgan fingerprint density at radius 1 is 1.33 bits per heavy atom. The van der Waals surface area contributed by atoms with Crippen LogP contribution in [0.1, 0.15) is 12.5 Å². The molecule has 1 N–H and O–H groups in total. The SMILES string of the molecule is CC(=O)Nc1nc(-c2cc(C)cc(OC(F)(F)F)c2)cs1. The van der Waals surface area contributed by atoms with Crippen molar-refractivity contribution in [1.29, 1.82) is 0 Å². The number of rotatable bonds is 3. The molecule has 0 bridgehead atoms. The topological polar surface area (TPSA) is 51.2 Å². The number of alkyl halides is 3. The standard InChI is InChI=1S/C13H11F3N2O2S/c1-7-3-9(5-10(4-7)20-13(14,15)16)11-6-21-12(18-11)17-8(2)19/h3-6H,1-2H3,(H,17,18,19). The maximum atomic E-state index is 12.3. The van der Waals surface area contributed by atoms with E-state index < -0.39 is 6.36 Å². The van der Waals surface area contributed by atoms with Crippen LogP contribution in [0.4, 0.5) is 18.3 Å². The Morgan fingerprint density at radius 2 is 2.05 bits per heavy atom. The third kappa shape index (κ3) is 4.45. The normalized spacial score (nSPS) is 11.3. The van der Waals surface area contributed by atoms with E-state index in [0.29, 0.717) is 22.0 Å². The van der Waals surface area contributed by atoms with Crippen LogP contribution in [0.5, 0.6) is 5.75 Å². The van der Waals surface area contributed by atoms with E-state index >= 15 is 0 Å². The predicted molar refractivity (Wildman–Crippen MR) is 73.3 cm³/mol. The molecule has 2 aromatic rings. The molecule has 1 aromatic heterocycles. The summed E-state index contributed by atoms with van der Waals surface area (Å²) >= 11 is 1.19. The van der Waals surface area contributed by atoms with Crippen molar-refractivity contribution in [1.82, 2.24) is 4.98 Å². The fraction of sp³-hybridized carbons (Fsp3) is 0.231. The van der Waals surface area contributed by atoms with E-state index in [-0.39, 0.29) is 11.7 Å². The van der Waals surface area contributed by atoms with Gasteiger partial charge in [-0.2, -0.15) is 0 Å². The molecule has 0 saturated heterocycles. The van der Waals surface area contributed by atoms with Crippen molar-refractivity contribution in [2.24, 2.45) is 0 Å². The summed E-state index contributed by atoms with van der Waals surface area (Å²) in [5, 5.41) is 4.56. The molecular formula is C13H11F3N2O2S. The second kappa shape index (κ2) is 5.72. The Bertz CT molecular complexity index is 668. The van der Waals surface area contributed by atoms with Gasteiger partial charge in [-0.15, -0.1) is 24.5 Å². The van der Waals surface area contributed by atoms with Crippen LogP contribution in [0.15, 0.2) is 23.6 Å². The summed E-state index contributed by atoms with van der Waals surface area (Å²) in [5.74, 6) is -0.562. The van der Waals surface area contributed by atoms with Crippen molar-refractivity contribution >= 4 is 22.4 Å². The van der Waals surface area contributed by atoms with Gasteiger partial charge in [0.2, 0.25) is 5.91 Å². The molecule has 0 atom stereocenters. The molecule has 0 aliphatic heterocycles. The molecule has 0 aliphatic carbocycles. The van der Waals surface area contributed by atoms with Crippen molar-refractivity contribution in [3.63, 3.8) is 0 Å². The molecule has 2 rings (SSSR count). The van der Waals surface area contributed by atoms with Gasteiger partial charge in [0.05, 0.1) is 5.69 Å². The van der Waals surface area contributed by atoms with Gasteiger partial charge < -0.3 is 10.1 Å². The molecule has 1 amide bonds. The van der Waals surface area contributed by atoms with E-state index in [1.165, 1.54) is 30.4 Å². The van der Waals surface area contributed by atoms with Crippen LogP contribution >= 0.6 is 11.3 Å². The highest BCUT2D eigenvalue weighted by Crippen LogP contribution is 2.31. The molecular weight excluding hydrogens is 305 g/mol. The molecule has 0 unspecified atom stereocenters. The van der Waals surface area contributed by atoms with E-state index in [4.69, 9.17) is 0 Å². The number of hydrogen-bond acceptors (Lipinski definition) is 4. The summed E-state index contributed by atoms with van der Waals surface area (Å²) in [7, 11) is 0. The maximum Gasteiger partial charge on any atom is 0.573 e. The van der Waals surface area contributed by atoms with E-state index in [2.05, 4.69) is 15.0 Å². The minimum atomic E-state index is -4.74. The first kappa shape index (κ1) is 15.3. The van der Waals surface area contributed by atoms with Crippen LogP contribution < -0.4 is 10.1 Å². The maximum absolute atomic E-state index is 12.3. The van der Waals surface area contributed by atoms with Gasteiger partial charge >= 0.3 is 6.36 Å². The number of nitrogens with zero attached hydrogens (tertiary/aromatic N) is 1. The number of carbonyl (C=O) groups is 1. The zero-order valence-electron chi connectivity index (χ0n) is 11.1. The second-order valence-corrected chi connectivity index (χ2v) is 5.16. The van der Waals surface area contributed by atoms with Crippen molar-refractivity contribution in [2.75, 3.05) is 5.32 Å². The summed E-state index contributed by atoms with van der Waals surface area (Å²) in [6.45, 7) is 3.01. The number of carbonyl (C=O) groups excluding carboxylic acids is 1. The molecule has 8 heteroatoms. The van der Waals surface area contributed by atoms with Crippen LogP contribution in [-0.2, 0) is 4.79 Å². The zero-order chi connectivity index (χ0) is 15.6. The average Bonchev–Trinajstić information content (AvgIpc) is 2.73. The Labute approximate surface area is 122 Å². The first-order chi connectivity index (χ1) is 9.73. The van der Waals surface area contributed by atoms with E-state index in [0.717, 1.165) is 0 Å². The van der Waals surface area contributed by atoms with Crippen molar-refractivity contribution in [3.05, 3.63) is 29.1 Å². The van der Waals surface area contributed by atoms with Crippen LogP contribution in [0, 0.1) is 6.92 Å². The molecule has 4 nitrogen and oxygen atoms in total. The Kier molecular flexibility index (Phi) is 4.17. The minimum absolute atomic E-state index is 0.263. The van der Waals surface area contributed by atoms with Crippen molar-refractivity contribution < 1.29 is 22.7 Å². The van der Waals surface area contributed by atoms with Gasteiger partial charge in [0.1, 0.15) is 5.75 Å². The van der Waals surface area contributed by atoms with E-state index in [9.17, 15) is 18.0 Å². The number of anilines is 1. The van der Waals surface area contributed by atoms with Crippen molar-refractivity contribution in [3.8, 4) is 17.0 Å². The van der Waals surface area contributed by atoms with Gasteiger partial charge in [0.25, 0.3) is 0 Å². The summed E-state index contributed by atoms with van der Waals surface area (Å²) in [6.07, 6.45) is -4.74. The van der Waals surface area contributed by atoms with Gasteiger partial charge in [-0.3, -0.25) is 4.79 Å². The molecule has 0 spiro atoms. The number of amides is 1. The third-order valence-electron chi connectivity index (χ3n) is 2.37. The highest BCUT2D eigenvalue weighted by molar-refractivity contribution is 7.14. The summed E-state index contributed by atoms with van der Waals surface area (Å²) < 4.78 is 40.7. The first-order valence-corrected chi connectivity index (χ1v) is 6.72. The number of ether oxygens (including phenoxy) is 1. The van der Waals surface area contributed by atoms with Crippen LogP contribution in [0.25, 0.3) is 11.3 Å². The number of aromatic nitrogens is 1. The summed E-state index contributed by atoms with van der Waals surface area (Å²) in [4.78, 5) is 15.1. The first-order valence-electron chi connectivity index (χ1n) is 5.84. The van der Waals surface area contributed by atoms with Crippen LogP contribution in [0.3, 0.4) is 0 Å². The lowest BCUT2D eigenvalue weighted by atomic mass is 10.1. The number of halogens is 3. The Balaban J connectivity index is 2.31. The molecule has 112 valence electrons. The average molecular weight is 316 g/mol. The number of aryl methyl sites for hydroxylation is 1. The lowest BCUT2D eigenvalue weighted by molar-refractivity contribution is -0.274. The number of nitrogens with one attached hydrogen (secondary N) is 1. The smallest absolute Gasteiger partial charge is 0.406 e. The predicted octanol–water partition coefficient (Wildman–Crippen LogP) is 3.98. The van der Waals surface area contributed by atoms with Gasteiger partial charge in [-0.25, -0.2) is 4.98 Å². The molecule has 21 heavy (non-hydrogen) atoms. The number of thiazole rings is 1. The monoisotopic (exact) mass is 316 g/mol. The second-order valence-electron chi connectivity index (χ2n) is 4.30.